The lowest BCUT2D eigenvalue weighted by Crippen LogP contribution is -2.31. The maximum absolute atomic E-state index is 8.37. The van der Waals surface area contributed by atoms with Crippen molar-refractivity contribution < 1.29 is 44.2 Å². The highest BCUT2D eigenvalue weighted by molar-refractivity contribution is 6.11. The fourth-order valence-electron chi connectivity index (χ4n) is 13.1. The monoisotopic (exact) mass is 1290 g/mol. The lowest BCUT2D eigenvalue weighted by molar-refractivity contribution is -0.660. The number of furan rings is 4. The molecule has 0 bridgehead atoms. The van der Waals surface area contributed by atoms with Gasteiger partial charge in [-0.2, -0.15) is 0 Å². The molecule has 4 aromatic carbocycles. The van der Waals surface area contributed by atoms with Gasteiger partial charge >= 0.3 is 0 Å². The van der Waals surface area contributed by atoms with Crippen molar-refractivity contribution in [1.82, 2.24) is 19.9 Å². The molecule has 0 unspecified atom stereocenters. The summed E-state index contributed by atoms with van der Waals surface area (Å²) in [7, 11) is 7.90. The summed E-state index contributed by atoms with van der Waals surface area (Å²) in [5.74, 6) is -0.311. The fraction of sp³-hybridized carbons (Fsp3) is 0.247. The number of hydrogen-bond donors (Lipinski definition) is 0. The van der Waals surface area contributed by atoms with Crippen LogP contribution in [0.5, 0.6) is 0 Å². The largest absolute Gasteiger partial charge is 0.455 e. The van der Waals surface area contributed by atoms with Crippen molar-refractivity contribution in [3.05, 3.63) is 240 Å². The second-order valence-corrected chi connectivity index (χ2v) is 26.1. The Bertz CT molecular complexity index is 5510. The lowest BCUT2D eigenvalue weighted by atomic mass is 9.99. The highest BCUT2D eigenvalue weighted by Crippen LogP contribution is 2.40. The molecule has 0 aliphatic carbocycles. The quantitative estimate of drug-likeness (QED) is 0.124. The van der Waals surface area contributed by atoms with E-state index in [-0.39, 0.29) is 17.8 Å². The molecule has 0 aliphatic heterocycles. The zero-order chi connectivity index (χ0) is 73.3. The molecular formula is C85H86N8O4+4. The third-order valence-electron chi connectivity index (χ3n) is 17.5. The third-order valence-corrected chi connectivity index (χ3v) is 17.5. The Morgan fingerprint density at radius 3 is 1.45 bits per heavy atom. The van der Waals surface area contributed by atoms with Gasteiger partial charge in [-0.3, -0.25) is 15.0 Å². The van der Waals surface area contributed by atoms with E-state index in [2.05, 4.69) is 94.1 Å². The molecule has 12 heteroatoms. The van der Waals surface area contributed by atoms with Crippen LogP contribution in [0.25, 0.3) is 133 Å². The smallest absolute Gasteiger partial charge is 0.227 e. The van der Waals surface area contributed by atoms with E-state index in [1.54, 1.807) is 6.20 Å². The number of benzene rings is 4. The fourth-order valence-corrected chi connectivity index (χ4v) is 13.1. The Kier molecular flexibility index (Phi) is 16.2. The highest BCUT2D eigenvalue weighted by atomic mass is 16.3. The standard InChI is InChI=1S/3C22H23N2O.C19H17N2O/c1-14(2)12-16-8-10-18(24(4)13-16)20-15(3)7-9-17-21-19(25-22(17)20)6-5-11-23-21;1-14(2)11-16-9-10-19(24(4)13-16)21-15(3)23-12-18-17-7-5-6-8-20(17)25-22(18)21;1-14(2)11-16-9-10-18(24(4)13-16)20-15(3)12-23-21-17-7-5-6-8-19(17)25-22(20)21;1-12-7-9-14-15-10-8-13(2)20-19(15)22-18(14)17(12)16-6-4-5-11-21(16)3/h5-11,13-14H,12H2,1-4H3;2*5-10,12-14H,11H2,1-4H3;4-11H,1-3H3/q4*+1/i12D2;2*11D2;. The summed E-state index contributed by atoms with van der Waals surface area (Å²) in [5.41, 5.74) is 23.6. The van der Waals surface area contributed by atoms with Crippen LogP contribution in [0.15, 0.2) is 213 Å². The van der Waals surface area contributed by atoms with Gasteiger partial charge in [0.05, 0.1) is 22.4 Å². The first kappa shape index (κ1) is 57.7. The second kappa shape index (κ2) is 27.2. The molecule has 486 valence electrons. The van der Waals surface area contributed by atoms with E-state index in [1.807, 2.05) is 237 Å². The highest BCUT2D eigenvalue weighted by Gasteiger charge is 2.26. The molecule has 0 radical (unpaired) electrons. The molecule has 0 fully saturated rings. The average Bonchev–Trinajstić information content (AvgIpc) is 1.65. The maximum Gasteiger partial charge on any atom is 0.227 e. The van der Waals surface area contributed by atoms with Crippen molar-refractivity contribution in [1.29, 1.82) is 0 Å². The minimum Gasteiger partial charge on any atom is -0.455 e. The second-order valence-electron chi connectivity index (χ2n) is 26.1. The predicted molar refractivity (Wildman–Crippen MR) is 392 cm³/mol. The first-order chi connectivity index (χ1) is 49.1. The Balaban J connectivity index is 0.000000123. The summed E-state index contributed by atoms with van der Waals surface area (Å²) in [6.07, 6.45) is 9.08. The third kappa shape index (κ3) is 13.0. The summed E-state index contributed by atoms with van der Waals surface area (Å²) < 4.78 is 82.9. The number of hydrogen-bond acceptors (Lipinski definition) is 8. The van der Waals surface area contributed by atoms with Gasteiger partial charge in [0.2, 0.25) is 28.5 Å². The lowest BCUT2D eigenvalue weighted by Gasteiger charge is -2.08. The average molecular weight is 1290 g/mol. The van der Waals surface area contributed by atoms with Crippen LogP contribution in [-0.2, 0) is 47.3 Å². The van der Waals surface area contributed by atoms with Crippen molar-refractivity contribution in [2.24, 2.45) is 45.9 Å². The number of nitrogens with zero attached hydrogens (tertiary/aromatic N) is 8. The molecule has 0 spiro atoms. The molecule has 0 atom stereocenters. The van der Waals surface area contributed by atoms with Crippen LogP contribution in [-0.4, -0.2) is 19.9 Å². The van der Waals surface area contributed by atoms with E-state index >= 15 is 0 Å². The van der Waals surface area contributed by atoms with Gasteiger partial charge in [-0.25, -0.2) is 23.3 Å². The van der Waals surface area contributed by atoms with Gasteiger partial charge in [-0.15, -0.1) is 0 Å². The molecule has 12 nitrogen and oxygen atoms in total. The van der Waals surface area contributed by atoms with Crippen LogP contribution in [0.1, 0.15) is 94.5 Å². The summed E-state index contributed by atoms with van der Waals surface area (Å²) in [5, 5.41) is 6.23. The number of rotatable bonds is 10. The number of pyridine rings is 8. The minimum absolute atomic E-state index is 0.102. The summed E-state index contributed by atoms with van der Waals surface area (Å²) in [6, 6.07) is 50.0. The van der Waals surface area contributed by atoms with E-state index in [0.29, 0.717) is 22.4 Å². The number of para-hydroxylation sites is 2. The Morgan fingerprint density at radius 1 is 0.371 bits per heavy atom. The maximum atomic E-state index is 8.37. The van der Waals surface area contributed by atoms with Crippen LogP contribution in [0, 0.1) is 52.4 Å². The molecule has 0 N–H and O–H groups in total. The molecule has 97 heavy (non-hydrogen) atoms. The van der Waals surface area contributed by atoms with Gasteiger partial charge in [0.1, 0.15) is 56.0 Å². The Morgan fingerprint density at radius 2 is 0.856 bits per heavy atom. The predicted octanol–water partition coefficient (Wildman–Crippen LogP) is 19.0. The number of aryl methyl sites for hydroxylation is 9. The zero-order valence-electron chi connectivity index (χ0n) is 63.9. The molecule has 12 heterocycles. The summed E-state index contributed by atoms with van der Waals surface area (Å²) >= 11 is 0. The van der Waals surface area contributed by atoms with Gasteiger partial charge in [-0.1, -0.05) is 90.1 Å². The minimum atomic E-state index is -1.38. The topological polar surface area (TPSA) is 120 Å². The molecule has 0 saturated heterocycles. The van der Waals surface area contributed by atoms with Crippen molar-refractivity contribution in [2.45, 2.75) is 95.3 Å². The molecule has 16 aromatic rings. The normalized spacial score (nSPS) is 13.0. The zero-order valence-corrected chi connectivity index (χ0v) is 57.9. The molecule has 12 aromatic heterocycles. The van der Waals surface area contributed by atoms with Gasteiger partial charge in [0.25, 0.3) is 0 Å². The molecule has 0 saturated carbocycles. The van der Waals surface area contributed by atoms with Gasteiger partial charge < -0.3 is 17.7 Å². The van der Waals surface area contributed by atoms with Crippen molar-refractivity contribution in [2.75, 3.05) is 0 Å². The van der Waals surface area contributed by atoms with Crippen molar-refractivity contribution in [3.8, 4) is 45.0 Å². The molecule has 0 amide bonds. The Labute approximate surface area is 575 Å². The van der Waals surface area contributed by atoms with Gasteiger partial charge in [-0.05, 0) is 161 Å². The van der Waals surface area contributed by atoms with Crippen LogP contribution in [0.2, 0.25) is 0 Å². The van der Waals surface area contributed by atoms with Crippen LogP contribution in [0.3, 0.4) is 0 Å². The number of aromatic nitrogens is 8. The number of fused-ring (bicyclic) bond motifs is 12. The summed E-state index contributed by atoms with van der Waals surface area (Å²) in [4.78, 5) is 18.2. The Hall–Kier alpha value is -10.7. The van der Waals surface area contributed by atoms with E-state index in [4.69, 9.17) is 25.9 Å². The molecule has 16 rings (SSSR count). The SMILES string of the molecule is Cc1ccc2c(n1)oc1c(-c3cccc[n+]3C)c(C)ccc12.[2H]C([2H])(c1ccc(-c2c(C)ccc3c2oc2cccnc23)[n+](C)c1)C(C)C.[2H]C([2H])(c1ccc(-c2c(C)cnc3c2oc2ccccc23)[n+](C)c1)C(C)C.[2H]C([2H])(c1ccc(-c2c(C)ncc3c2oc2ccccc23)[n+](C)c1)C(C)C. The van der Waals surface area contributed by atoms with Crippen molar-refractivity contribution >= 4 is 88.1 Å². The van der Waals surface area contributed by atoms with Crippen LogP contribution in [0.4, 0.5) is 0 Å². The molecule has 0 aliphatic rings. The van der Waals surface area contributed by atoms with E-state index < -0.39 is 19.1 Å². The molecular weight excluding hydrogens is 1200 g/mol. The van der Waals surface area contributed by atoms with Crippen LogP contribution >= 0.6 is 0 Å². The first-order valence-corrected chi connectivity index (χ1v) is 33.1. The van der Waals surface area contributed by atoms with E-state index in [1.165, 1.54) is 5.56 Å². The van der Waals surface area contributed by atoms with E-state index in [9.17, 15) is 0 Å². The first-order valence-electron chi connectivity index (χ1n) is 36.1. The van der Waals surface area contributed by atoms with Crippen molar-refractivity contribution in [3.63, 3.8) is 0 Å². The van der Waals surface area contributed by atoms with Crippen LogP contribution < -0.4 is 18.3 Å². The van der Waals surface area contributed by atoms with Gasteiger partial charge in [0.15, 0.2) is 52.7 Å². The van der Waals surface area contributed by atoms with Gasteiger partial charge in [0, 0.05) is 112 Å². The van der Waals surface area contributed by atoms with E-state index in [0.717, 1.165) is 150 Å². The summed E-state index contributed by atoms with van der Waals surface area (Å²) in [6.45, 7) is 21.6.